The van der Waals surface area contributed by atoms with Crippen molar-refractivity contribution in [1.29, 1.82) is 0 Å². The summed E-state index contributed by atoms with van der Waals surface area (Å²) in [5, 5.41) is 15.3. The summed E-state index contributed by atoms with van der Waals surface area (Å²) in [5.74, 6) is 1.35. The van der Waals surface area contributed by atoms with Gasteiger partial charge in [0.1, 0.15) is 0 Å². The molecule has 12 heteroatoms. The molecule has 3 aromatic rings. The maximum Gasteiger partial charge on any atom is 0.244 e. The Labute approximate surface area is 223 Å². The maximum absolute atomic E-state index is 12.3. The predicted molar refractivity (Wildman–Crippen MR) is 142 cm³/mol. The number of carbonyl (C=O) groups is 2. The highest BCUT2D eigenvalue weighted by Gasteiger charge is 2.14. The Morgan fingerprint density at radius 3 is 2.44 bits per heavy atom. The number of amides is 2. The first-order valence-electron chi connectivity index (χ1n) is 10.8. The van der Waals surface area contributed by atoms with Crippen molar-refractivity contribution in [3.63, 3.8) is 0 Å². The Balaban J connectivity index is 1.54. The van der Waals surface area contributed by atoms with Gasteiger partial charge in [-0.1, -0.05) is 41.0 Å². The summed E-state index contributed by atoms with van der Waals surface area (Å²) in [4.78, 5) is 24.7. The van der Waals surface area contributed by atoms with Crippen LogP contribution in [0.1, 0.15) is 18.3 Å². The second-order valence-corrected chi connectivity index (χ2v) is 9.12. The van der Waals surface area contributed by atoms with Crippen molar-refractivity contribution >= 4 is 58.5 Å². The number of halogens is 2. The molecule has 0 aliphatic rings. The molecule has 3 rings (SSSR count). The third-order valence-corrected chi connectivity index (χ3v) is 6.25. The van der Waals surface area contributed by atoms with Crippen molar-refractivity contribution in [3.8, 4) is 11.5 Å². The van der Waals surface area contributed by atoms with E-state index in [0.717, 1.165) is 5.56 Å². The molecule has 0 atom stereocenters. The van der Waals surface area contributed by atoms with Crippen LogP contribution in [0.15, 0.2) is 47.6 Å². The Bertz CT molecular complexity index is 1250. The first-order valence-corrected chi connectivity index (χ1v) is 12.6. The summed E-state index contributed by atoms with van der Waals surface area (Å²) in [6, 6.07) is 10.2. The highest BCUT2D eigenvalue weighted by Crippen LogP contribution is 2.28. The van der Waals surface area contributed by atoms with E-state index in [4.69, 9.17) is 32.7 Å². The molecule has 0 aliphatic heterocycles. The number of nitrogens with zero attached hydrogens (tertiary/aromatic N) is 3. The van der Waals surface area contributed by atoms with E-state index in [1.807, 2.05) is 17.6 Å². The van der Waals surface area contributed by atoms with Crippen molar-refractivity contribution < 1.29 is 19.1 Å². The lowest BCUT2D eigenvalue weighted by Crippen LogP contribution is -2.22. The van der Waals surface area contributed by atoms with Crippen LogP contribution < -0.4 is 20.1 Å². The van der Waals surface area contributed by atoms with Crippen molar-refractivity contribution in [1.82, 2.24) is 20.1 Å². The van der Waals surface area contributed by atoms with E-state index >= 15 is 0 Å². The van der Waals surface area contributed by atoms with E-state index in [9.17, 15) is 9.59 Å². The number of aromatic nitrogens is 3. The van der Waals surface area contributed by atoms with E-state index in [0.29, 0.717) is 44.8 Å². The molecule has 0 radical (unpaired) electrons. The summed E-state index contributed by atoms with van der Waals surface area (Å²) in [5.41, 5.74) is 1.30. The first kappa shape index (κ1) is 27.4. The summed E-state index contributed by atoms with van der Waals surface area (Å²) < 4.78 is 12.3. The molecule has 2 amide bonds. The van der Waals surface area contributed by atoms with Gasteiger partial charge in [-0.2, -0.15) is 0 Å². The molecule has 1 aromatic heterocycles. The van der Waals surface area contributed by atoms with Gasteiger partial charge < -0.3 is 24.7 Å². The van der Waals surface area contributed by atoms with E-state index < -0.39 is 0 Å². The van der Waals surface area contributed by atoms with Gasteiger partial charge in [-0.3, -0.25) is 9.59 Å². The topological polar surface area (TPSA) is 107 Å². The fraction of sp³-hybridized carbons (Fsp3) is 0.250. The molecule has 0 aliphatic carbocycles. The molecule has 190 valence electrons. The Morgan fingerprint density at radius 2 is 1.78 bits per heavy atom. The molecule has 0 saturated carbocycles. The summed E-state index contributed by atoms with van der Waals surface area (Å²) in [7, 11) is 3.11. The minimum atomic E-state index is -0.288. The molecular weight excluding hydrogens is 525 g/mol. The van der Waals surface area contributed by atoms with Gasteiger partial charge in [0.2, 0.25) is 11.8 Å². The van der Waals surface area contributed by atoms with Crippen molar-refractivity contribution in [2.45, 2.75) is 25.2 Å². The molecule has 9 nitrogen and oxygen atoms in total. The quantitative estimate of drug-likeness (QED) is 0.264. The monoisotopic (exact) mass is 549 g/mol. The van der Waals surface area contributed by atoms with Crippen LogP contribution in [0.3, 0.4) is 0 Å². The lowest BCUT2D eigenvalue weighted by Gasteiger charge is -2.09. The number of anilines is 1. The SMILES string of the molecule is CCn1c(CNC(=O)C=Cc2ccc(OC)c(OC)c2)nnc1SCC(=O)Nc1cc(Cl)cc(Cl)c1. The zero-order valence-electron chi connectivity index (χ0n) is 19.9. The van der Waals surface area contributed by atoms with E-state index in [1.165, 1.54) is 17.8 Å². The van der Waals surface area contributed by atoms with Gasteiger partial charge >= 0.3 is 0 Å². The second-order valence-electron chi connectivity index (χ2n) is 7.30. The number of methoxy groups -OCH3 is 2. The number of hydrogen-bond acceptors (Lipinski definition) is 7. The zero-order valence-corrected chi connectivity index (χ0v) is 22.2. The lowest BCUT2D eigenvalue weighted by atomic mass is 10.2. The van der Waals surface area contributed by atoms with E-state index in [2.05, 4.69) is 20.8 Å². The van der Waals surface area contributed by atoms with Crippen LogP contribution in [-0.2, 0) is 22.7 Å². The van der Waals surface area contributed by atoms with Crippen molar-refractivity contribution in [2.75, 3.05) is 25.3 Å². The summed E-state index contributed by atoms with van der Waals surface area (Å²) >= 11 is 13.2. The zero-order chi connectivity index (χ0) is 26.1. The van der Waals surface area contributed by atoms with Gasteiger partial charge in [-0.05, 0) is 48.9 Å². The Morgan fingerprint density at radius 1 is 1.06 bits per heavy atom. The summed E-state index contributed by atoms with van der Waals surface area (Å²) in [6.45, 7) is 2.70. The molecular formula is C24H25Cl2N5O4S. The normalized spacial score (nSPS) is 10.9. The van der Waals surface area contributed by atoms with Crippen LogP contribution in [0.4, 0.5) is 5.69 Å². The minimum absolute atomic E-state index is 0.114. The average molecular weight is 550 g/mol. The number of ether oxygens (including phenoxy) is 2. The molecule has 0 fully saturated rings. The smallest absolute Gasteiger partial charge is 0.244 e. The van der Waals surface area contributed by atoms with Gasteiger partial charge in [0, 0.05) is 28.4 Å². The predicted octanol–water partition coefficient (Wildman–Crippen LogP) is 4.68. The lowest BCUT2D eigenvalue weighted by molar-refractivity contribution is -0.116. The summed E-state index contributed by atoms with van der Waals surface area (Å²) in [6.07, 6.45) is 3.10. The van der Waals surface area contributed by atoms with Crippen LogP contribution in [0.2, 0.25) is 10.0 Å². The van der Waals surface area contributed by atoms with Crippen LogP contribution in [0, 0.1) is 0 Å². The van der Waals surface area contributed by atoms with Crippen LogP contribution in [0.25, 0.3) is 6.08 Å². The number of hydrogen-bond donors (Lipinski definition) is 2. The Hall–Kier alpha value is -3.21. The number of thioether (sulfide) groups is 1. The van der Waals surface area contributed by atoms with Gasteiger partial charge in [0.25, 0.3) is 0 Å². The van der Waals surface area contributed by atoms with Gasteiger partial charge in [0.15, 0.2) is 22.5 Å². The third-order valence-electron chi connectivity index (χ3n) is 4.84. The average Bonchev–Trinajstić information content (AvgIpc) is 3.25. The number of rotatable bonds is 11. The van der Waals surface area contributed by atoms with Crippen LogP contribution in [0.5, 0.6) is 11.5 Å². The standard InChI is InChI=1S/C24H25Cl2N5O4S/c1-4-31-21(13-27-22(32)8-6-15-5-7-19(34-2)20(9-15)35-3)29-30-24(31)36-14-23(33)28-18-11-16(25)10-17(26)12-18/h5-12H,4,13-14H2,1-3H3,(H,27,32)(H,28,33). The number of carbonyl (C=O) groups excluding carboxylic acids is 2. The molecule has 1 heterocycles. The molecule has 0 saturated heterocycles. The van der Waals surface area contributed by atoms with Gasteiger partial charge in [-0.25, -0.2) is 0 Å². The minimum Gasteiger partial charge on any atom is -0.493 e. The Kier molecular flexibility index (Phi) is 10.0. The molecule has 0 bridgehead atoms. The third kappa shape index (κ3) is 7.64. The highest BCUT2D eigenvalue weighted by atomic mass is 35.5. The molecule has 2 aromatic carbocycles. The van der Waals surface area contributed by atoms with Gasteiger partial charge in [-0.15, -0.1) is 10.2 Å². The maximum atomic E-state index is 12.3. The molecule has 0 spiro atoms. The highest BCUT2D eigenvalue weighted by molar-refractivity contribution is 7.99. The van der Waals surface area contributed by atoms with E-state index in [-0.39, 0.29) is 24.1 Å². The van der Waals surface area contributed by atoms with E-state index in [1.54, 1.807) is 50.6 Å². The number of nitrogens with one attached hydrogen (secondary N) is 2. The fourth-order valence-corrected chi connectivity index (χ4v) is 4.53. The van der Waals surface area contributed by atoms with Gasteiger partial charge in [0.05, 0.1) is 26.5 Å². The van der Waals surface area contributed by atoms with Crippen LogP contribution in [-0.4, -0.2) is 46.6 Å². The molecule has 2 N–H and O–H groups in total. The van der Waals surface area contributed by atoms with Crippen molar-refractivity contribution in [2.24, 2.45) is 0 Å². The second kappa shape index (κ2) is 13.2. The molecule has 0 unspecified atom stereocenters. The fourth-order valence-electron chi connectivity index (χ4n) is 3.18. The van der Waals surface area contributed by atoms with Crippen LogP contribution >= 0.6 is 35.0 Å². The first-order chi connectivity index (χ1) is 17.3. The van der Waals surface area contributed by atoms with Crippen molar-refractivity contribution in [3.05, 3.63) is 63.9 Å². The number of benzene rings is 2. The molecule has 36 heavy (non-hydrogen) atoms. The largest absolute Gasteiger partial charge is 0.493 e.